The summed E-state index contributed by atoms with van der Waals surface area (Å²) in [6.45, 7) is 4.01. The van der Waals surface area contributed by atoms with E-state index in [2.05, 4.69) is 10.2 Å². The first-order valence-electron chi connectivity index (χ1n) is 7.02. The second-order valence-electron chi connectivity index (χ2n) is 6.13. The van der Waals surface area contributed by atoms with Crippen LogP contribution in [0.3, 0.4) is 0 Å². The predicted molar refractivity (Wildman–Crippen MR) is 62.4 cm³/mol. The number of hydrogen-bond acceptors (Lipinski definition) is 3. The van der Waals surface area contributed by atoms with Gasteiger partial charge in [-0.25, -0.2) is 0 Å². The molecule has 0 aromatic heterocycles. The first kappa shape index (κ1) is 9.86. The van der Waals surface area contributed by atoms with Gasteiger partial charge in [0.25, 0.3) is 0 Å². The average molecular weight is 222 g/mol. The Labute approximate surface area is 97.5 Å². The molecule has 4 fully saturated rings. The largest absolute Gasteiger partial charge is 0.373 e. The first-order chi connectivity index (χ1) is 7.88. The number of fused-ring (bicyclic) bond motifs is 4. The van der Waals surface area contributed by atoms with Crippen LogP contribution < -0.4 is 5.32 Å². The summed E-state index contributed by atoms with van der Waals surface area (Å²) in [5.41, 5.74) is 0. The summed E-state index contributed by atoms with van der Waals surface area (Å²) in [6, 6.07) is 1.46. The minimum atomic E-state index is 0.546. The monoisotopic (exact) mass is 222 g/mol. The molecule has 4 heterocycles. The molecular formula is C13H22N2O. The Morgan fingerprint density at radius 2 is 1.94 bits per heavy atom. The molecule has 4 bridgehead atoms. The third-order valence-corrected chi connectivity index (χ3v) is 5.17. The molecule has 3 heteroatoms. The number of nitrogens with zero attached hydrogens (tertiary/aromatic N) is 1. The van der Waals surface area contributed by atoms with Crippen molar-refractivity contribution < 1.29 is 4.74 Å². The average Bonchev–Trinajstić information content (AvgIpc) is 2.98. The van der Waals surface area contributed by atoms with Crippen LogP contribution >= 0.6 is 0 Å². The van der Waals surface area contributed by atoms with E-state index >= 15 is 0 Å². The molecule has 0 radical (unpaired) electrons. The molecule has 0 aromatic rings. The van der Waals surface area contributed by atoms with Gasteiger partial charge in [-0.2, -0.15) is 0 Å². The second-order valence-corrected chi connectivity index (χ2v) is 6.13. The van der Waals surface area contributed by atoms with E-state index in [4.69, 9.17) is 4.74 Å². The van der Waals surface area contributed by atoms with E-state index in [-0.39, 0.29) is 0 Å². The molecule has 0 amide bonds. The van der Waals surface area contributed by atoms with E-state index in [9.17, 15) is 0 Å². The summed E-state index contributed by atoms with van der Waals surface area (Å²) in [7, 11) is 0. The first-order valence-corrected chi connectivity index (χ1v) is 7.02. The van der Waals surface area contributed by atoms with E-state index in [1.165, 1.54) is 51.7 Å². The summed E-state index contributed by atoms with van der Waals surface area (Å²) >= 11 is 0. The van der Waals surface area contributed by atoms with Crippen LogP contribution in [0.4, 0.5) is 0 Å². The zero-order valence-corrected chi connectivity index (χ0v) is 9.90. The second kappa shape index (κ2) is 3.69. The Morgan fingerprint density at radius 3 is 2.75 bits per heavy atom. The molecular weight excluding hydrogens is 200 g/mol. The van der Waals surface area contributed by atoms with Gasteiger partial charge in [0, 0.05) is 18.6 Å². The van der Waals surface area contributed by atoms with Crippen molar-refractivity contribution in [2.24, 2.45) is 5.92 Å². The minimum absolute atomic E-state index is 0.546. The lowest BCUT2D eigenvalue weighted by Gasteiger charge is -2.34. The van der Waals surface area contributed by atoms with Gasteiger partial charge in [0.2, 0.25) is 0 Å². The van der Waals surface area contributed by atoms with Gasteiger partial charge in [0.05, 0.1) is 12.2 Å². The van der Waals surface area contributed by atoms with Crippen LogP contribution in [0.5, 0.6) is 0 Å². The van der Waals surface area contributed by atoms with E-state index in [1.807, 2.05) is 0 Å². The molecule has 4 saturated heterocycles. The molecule has 0 saturated carbocycles. The van der Waals surface area contributed by atoms with Crippen LogP contribution in [0.1, 0.15) is 32.1 Å². The van der Waals surface area contributed by atoms with Crippen molar-refractivity contribution >= 4 is 0 Å². The molecule has 6 unspecified atom stereocenters. The van der Waals surface area contributed by atoms with Crippen LogP contribution in [-0.2, 0) is 4.74 Å². The van der Waals surface area contributed by atoms with Gasteiger partial charge >= 0.3 is 0 Å². The number of rotatable bonds is 2. The predicted octanol–water partition coefficient (Wildman–Crippen LogP) is 0.990. The van der Waals surface area contributed by atoms with Crippen LogP contribution in [-0.4, -0.2) is 48.8 Å². The van der Waals surface area contributed by atoms with Crippen molar-refractivity contribution in [3.05, 3.63) is 0 Å². The maximum absolute atomic E-state index is 5.93. The molecule has 16 heavy (non-hydrogen) atoms. The van der Waals surface area contributed by atoms with Gasteiger partial charge in [0.1, 0.15) is 0 Å². The van der Waals surface area contributed by atoms with Crippen molar-refractivity contribution in [1.82, 2.24) is 10.2 Å². The Morgan fingerprint density at radius 1 is 1.00 bits per heavy atom. The van der Waals surface area contributed by atoms with Gasteiger partial charge in [-0.3, -0.25) is 0 Å². The van der Waals surface area contributed by atoms with E-state index in [0.29, 0.717) is 18.2 Å². The van der Waals surface area contributed by atoms with Gasteiger partial charge in [-0.15, -0.1) is 0 Å². The highest BCUT2D eigenvalue weighted by molar-refractivity contribution is 4.98. The van der Waals surface area contributed by atoms with Crippen molar-refractivity contribution in [3.8, 4) is 0 Å². The zero-order chi connectivity index (χ0) is 10.5. The zero-order valence-electron chi connectivity index (χ0n) is 9.90. The fraction of sp³-hybridized carbons (Fsp3) is 1.00. The topological polar surface area (TPSA) is 24.5 Å². The van der Waals surface area contributed by atoms with Crippen LogP contribution in [0.15, 0.2) is 0 Å². The fourth-order valence-corrected chi connectivity index (χ4v) is 4.26. The molecule has 0 spiro atoms. The summed E-state index contributed by atoms with van der Waals surface area (Å²) in [5, 5.41) is 3.93. The SMILES string of the molecule is C1CC2OC1CC2NC1CCN2CCC1C2. The van der Waals surface area contributed by atoms with E-state index < -0.39 is 0 Å². The summed E-state index contributed by atoms with van der Waals surface area (Å²) in [4.78, 5) is 2.63. The van der Waals surface area contributed by atoms with Crippen LogP contribution in [0, 0.1) is 5.92 Å². The third-order valence-electron chi connectivity index (χ3n) is 5.17. The number of hydrogen-bond donors (Lipinski definition) is 1. The van der Waals surface area contributed by atoms with E-state index in [0.717, 1.165) is 12.0 Å². The standard InChI is InChI=1S/C13H22N2O/c1-2-13-12(7-10(1)16-13)14-11-4-6-15-5-3-9(11)8-15/h9-14H,1-8H2. The molecule has 0 aliphatic carbocycles. The Kier molecular flexibility index (Phi) is 2.27. The Hall–Kier alpha value is -0.120. The molecule has 6 atom stereocenters. The molecule has 1 N–H and O–H groups in total. The normalized spacial score (nSPS) is 54.8. The third kappa shape index (κ3) is 1.52. The lowest BCUT2D eigenvalue weighted by atomic mass is 9.90. The van der Waals surface area contributed by atoms with E-state index in [1.54, 1.807) is 0 Å². The van der Waals surface area contributed by atoms with Crippen molar-refractivity contribution in [2.75, 3.05) is 19.6 Å². The molecule has 0 aromatic carbocycles. The number of piperidine rings is 1. The number of ether oxygens (including phenoxy) is 1. The summed E-state index contributed by atoms with van der Waals surface area (Å²) in [5.74, 6) is 0.924. The van der Waals surface area contributed by atoms with Gasteiger partial charge in [-0.05, 0) is 51.1 Å². The summed E-state index contributed by atoms with van der Waals surface area (Å²) in [6.07, 6.45) is 7.79. The molecule has 90 valence electrons. The highest BCUT2D eigenvalue weighted by Crippen LogP contribution is 2.36. The molecule has 3 nitrogen and oxygen atoms in total. The van der Waals surface area contributed by atoms with Crippen LogP contribution in [0.2, 0.25) is 0 Å². The molecule has 4 aliphatic rings. The maximum Gasteiger partial charge on any atom is 0.0733 e. The number of nitrogens with one attached hydrogen (secondary N) is 1. The Bertz CT molecular complexity index is 283. The van der Waals surface area contributed by atoms with Gasteiger partial charge in [0.15, 0.2) is 0 Å². The Balaban J connectivity index is 1.40. The van der Waals surface area contributed by atoms with Crippen molar-refractivity contribution in [2.45, 2.75) is 56.4 Å². The highest BCUT2D eigenvalue weighted by Gasteiger charge is 2.43. The van der Waals surface area contributed by atoms with Crippen LogP contribution in [0.25, 0.3) is 0 Å². The van der Waals surface area contributed by atoms with Gasteiger partial charge < -0.3 is 15.0 Å². The van der Waals surface area contributed by atoms with Gasteiger partial charge in [-0.1, -0.05) is 0 Å². The quantitative estimate of drug-likeness (QED) is 0.754. The fourth-order valence-electron chi connectivity index (χ4n) is 4.26. The molecule has 4 aliphatic heterocycles. The summed E-state index contributed by atoms with van der Waals surface area (Å²) < 4.78 is 5.93. The minimum Gasteiger partial charge on any atom is -0.373 e. The van der Waals surface area contributed by atoms with Crippen molar-refractivity contribution in [3.63, 3.8) is 0 Å². The highest BCUT2D eigenvalue weighted by atomic mass is 16.5. The lowest BCUT2D eigenvalue weighted by Crippen LogP contribution is -2.50. The smallest absolute Gasteiger partial charge is 0.0733 e. The lowest BCUT2D eigenvalue weighted by molar-refractivity contribution is 0.0927. The maximum atomic E-state index is 5.93. The van der Waals surface area contributed by atoms with Crippen molar-refractivity contribution in [1.29, 1.82) is 0 Å². The molecule has 4 rings (SSSR count).